The topological polar surface area (TPSA) is 52.1 Å². The first kappa shape index (κ1) is 28.8. The van der Waals surface area contributed by atoms with Crippen LogP contribution in [0.4, 0.5) is 22.0 Å². The van der Waals surface area contributed by atoms with Gasteiger partial charge in [0.1, 0.15) is 17.4 Å². The Morgan fingerprint density at radius 1 is 0.846 bits per heavy atom. The van der Waals surface area contributed by atoms with Crippen molar-refractivity contribution in [2.24, 2.45) is 23.7 Å². The molecule has 6 rings (SSSR count). The Labute approximate surface area is 230 Å². The summed E-state index contributed by atoms with van der Waals surface area (Å²) in [6, 6.07) is 13.3. The molecule has 0 bridgehead atoms. The van der Waals surface area contributed by atoms with Crippen LogP contribution in [0.25, 0.3) is 15.3 Å². The Bertz CT molecular complexity index is 1490. The van der Waals surface area contributed by atoms with Crippen LogP contribution < -0.4 is 0 Å². The summed E-state index contributed by atoms with van der Waals surface area (Å²) in [6.45, 7) is 13.7. The number of nitrogens with zero attached hydrogens (tertiary/aromatic N) is 2. The van der Waals surface area contributed by atoms with Gasteiger partial charge in [0.25, 0.3) is 0 Å². The number of allylic oxidation sites excluding steroid dienone is 2. The molecule has 2 saturated carbocycles. The quantitative estimate of drug-likeness (QED) is 0.154. The van der Waals surface area contributed by atoms with E-state index in [1.807, 2.05) is 12.1 Å². The van der Waals surface area contributed by atoms with Crippen LogP contribution in [-0.2, 0) is 14.3 Å². The van der Waals surface area contributed by atoms with Gasteiger partial charge in [-0.2, -0.15) is 21.6 Å². The van der Waals surface area contributed by atoms with E-state index >= 15 is 0 Å². The minimum Gasteiger partial charge on any atom is -0.381 e. The second kappa shape index (κ2) is 11.1. The van der Waals surface area contributed by atoms with Crippen LogP contribution in [0.15, 0.2) is 70.9 Å². The normalized spacial score (nSPS) is 27.5. The number of rotatable bonds is 3. The molecule has 0 heterocycles. The zero-order chi connectivity index (χ0) is 28.5. The molecule has 2 aromatic carbocycles. The van der Waals surface area contributed by atoms with Crippen molar-refractivity contribution in [2.75, 3.05) is 0 Å². The Kier molecular flexibility index (Phi) is 8.20. The van der Waals surface area contributed by atoms with E-state index in [-0.39, 0.29) is 47.7 Å². The number of alkyl halides is 3. The molecule has 204 valence electrons. The van der Waals surface area contributed by atoms with Crippen LogP contribution in [-0.4, -0.2) is 26.0 Å². The van der Waals surface area contributed by atoms with Crippen molar-refractivity contribution < 1.29 is 34.6 Å². The van der Waals surface area contributed by atoms with Crippen LogP contribution in [0.2, 0.25) is 0 Å². The molecule has 0 radical (unpaired) electrons. The second-order valence-corrected chi connectivity index (χ2v) is 11.7. The van der Waals surface area contributed by atoms with Gasteiger partial charge >= 0.3 is 15.6 Å². The van der Waals surface area contributed by atoms with Crippen molar-refractivity contribution in [1.29, 1.82) is 0 Å². The molecule has 0 saturated heterocycles. The summed E-state index contributed by atoms with van der Waals surface area (Å²) in [7, 11) is -5.55. The van der Waals surface area contributed by atoms with Crippen LogP contribution >= 0.6 is 15.9 Å². The third kappa shape index (κ3) is 6.34. The fourth-order valence-electron chi connectivity index (χ4n) is 4.76. The van der Waals surface area contributed by atoms with E-state index in [9.17, 15) is 30.4 Å². The minimum atomic E-state index is -5.55. The highest BCUT2D eigenvalue weighted by molar-refractivity contribution is 9.10. The molecule has 0 unspecified atom stereocenters. The third-order valence-electron chi connectivity index (χ3n) is 6.88. The van der Waals surface area contributed by atoms with Crippen molar-refractivity contribution in [3.8, 4) is 0 Å². The van der Waals surface area contributed by atoms with Crippen molar-refractivity contribution in [1.82, 2.24) is 0 Å². The van der Waals surface area contributed by atoms with Crippen LogP contribution in [0, 0.1) is 48.5 Å². The lowest BCUT2D eigenvalue weighted by molar-refractivity contribution is -0.0523. The molecular weight excluding hydrogens is 607 g/mol. The first-order valence-electron chi connectivity index (χ1n) is 11.7. The number of fused-ring (bicyclic) bond motifs is 2. The lowest BCUT2D eigenvalue weighted by Crippen LogP contribution is -2.25. The van der Waals surface area contributed by atoms with Crippen molar-refractivity contribution >= 4 is 31.6 Å². The number of hydrogen-bond donors (Lipinski definition) is 0. The molecule has 5 nitrogen and oxygen atoms in total. The molecule has 4 aliphatic rings. The summed E-state index contributed by atoms with van der Waals surface area (Å²) in [5.74, 6) is 0.0882. The maximum absolute atomic E-state index is 13.5. The third-order valence-corrected chi connectivity index (χ3v) is 8.52. The fourth-order valence-corrected chi connectivity index (χ4v) is 5.55. The van der Waals surface area contributed by atoms with E-state index in [4.69, 9.17) is 13.1 Å². The molecule has 12 heteroatoms. The van der Waals surface area contributed by atoms with Gasteiger partial charge in [-0.05, 0) is 52.2 Å². The van der Waals surface area contributed by atoms with E-state index in [2.05, 4.69) is 35.9 Å². The summed E-state index contributed by atoms with van der Waals surface area (Å²) in [4.78, 5) is 6.79. The molecule has 6 atom stereocenters. The van der Waals surface area contributed by atoms with E-state index in [1.54, 1.807) is 24.3 Å². The van der Waals surface area contributed by atoms with Crippen LogP contribution in [0.1, 0.15) is 18.4 Å². The highest BCUT2D eigenvalue weighted by atomic mass is 79.9. The standard InChI is InChI=1S/C13H10FN.C8H6F3NO3S.C6H4BrF/c1-15-13-10-6-8(7-11(10)13)9-4-2-3-5-12(9)14;1-12-7-5-2-4(3-6(5)7)15-16(13,14)8(9,10)11;7-5-3-1-2-4-6(5)8/h2-6,10-11,13H,7H2;2,5-7H,3H2;1-4H/t10-,11+,13+;5-,6+,7+;/m00./s1. The molecule has 0 aromatic heterocycles. The second-order valence-electron chi connectivity index (χ2n) is 9.33. The summed E-state index contributed by atoms with van der Waals surface area (Å²) in [6.07, 6.45) is 4.36. The molecule has 0 amide bonds. The van der Waals surface area contributed by atoms with E-state index < -0.39 is 15.6 Å². The molecular formula is C27H20BrF5N2O3S. The molecule has 4 aliphatic carbocycles. The smallest absolute Gasteiger partial charge is 0.381 e. The lowest BCUT2D eigenvalue weighted by Gasteiger charge is -2.10. The van der Waals surface area contributed by atoms with Crippen molar-refractivity contribution in [2.45, 2.75) is 30.4 Å². The summed E-state index contributed by atoms with van der Waals surface area (Å²) in [5, 5.41) is 0. The number of halogens is 6. The van der Waals surface area contributed by atoms with Crippen molar-refractivity contribution in [3.63, 3.8) is 0 Å². The SMILES string of the molecule is Fc1ccccc1Br.[C-]#[N+][C@@H]1[C@H]2C=C(OS(=O)(=O)C(F)(F)F)C[C@H]21.[C-]#[N+][C@@H]1[C@H]2C=C(c3ccccc3F)C[C@H]21. The van der Waals surface area contributed by atoms with E-state index in [1.165, 1.54) is 18.2 Å². The Morgan fingerprint density at radius 3 is 1.79 bits per heavy atom. The largest absolute Gasteiger partial charge is 0.534 e. The van der Waals surface area contributed by atoms with Gasteiger partial charge in [0, 0.05) is 12.0 Å². The molecule has 0 N–H and O–H groups in total. The van der Waals surface area contributed by atoms with Gasteiger partial charge in [0.2, 0.25) is 12.1 Å². The summed E-state index contributed by atoms with van der Waals surface area (Å²) < 4.78 is 87.3. The number of benzene rings is 2. The van der Waals surface area contributed by atoms with E-state index in [0.29, 0.717) is 21.9 Å². The van der Waals surface area contributed by atoms with E-state index in [0.717, 1.165) is 12.0 Å². The number of hydrogen-bond acceptors (Lipinski definition) is 3. The van der Waals surface area contributed by atoms with Crippen molar-refractivity contribution in [3.05, 3.63) is 111 Å². The monoisotopic (exact) mass is 626 g/mol. The average Bonchev–Trinajstić information content (AvgIpc) is 3.57. The molecule has 39 heavy (non-hydrogen) atoms. The Balaban J connectivity index is 0.000000143. The Hall–Kier alpha value is -3.22. The minimum absolute atomic E-state index is 0.0732. The molecule has 0 aliphatic heterocycles. The summed E-state index contributed by atoms with van der Waals surface area (Å²) >= 11 is 3.02. The molecule has 0 spiro atoms. The predicted molar refractivity (Wildman–Crippen MR) is 137 cm³/mol. The first-order chi connectivity index (χ1) is 18.4. The Morgan fingerprint density at radius 2 is 1.38 bits per heavy atom. The predicted octanol–water partition coefficient (Wildman–Crippen LogP) is 7.41. The zero-order valence-corrected chi connectivity index (χ0v) is 22.3. The highest BCUT2D eigenvalue weighted by Crippen LogP contribution is 2.55. The fraction of sp³-hybridized carbons (Fsp3) is 0.333. The van der Waals surface area contributed by atoms with Gasteiger partial charge in [0.05, 0.1) is 28.1 Å². The average molecular weight is 627 g/mol. The van der Waals surface area contributed by atoms with Gasteiger partial charge in [-0.25, -0.2) is 21.9 Å². The van der Waals surface area contributed by atoms with Gasteiger partial charge in [-0.15, -0.1) is 0 Å². The summed E-state index contributed by atoms with van der Waals surface area (Å²) in [5.41, 5.74) is -3.60. The highest BCUT2D eigenvalue weighted by Gasteiger charge is 2.61. The maximum Gasteiger partial charge on any atom is 0.534 e. The molecule has 2 fully saturated rings. The molecule has 2 aromatic rings. The van der Waals surface area contributed by atoms with Gasteiger partial charge in [-0.1, -0.05) is 36.4 Å². The maximum atomic E-state index is 13.5. The lowest BCUT2D eigenvalue weighted by atomic mass is 10.0. The van der Waals surface area contributed by atoms with Crippen LogP contribution in [0.3, 0.4) is 0 Å². The zero-order valence-electron chi connectivity index (χ0n) is 19.9. The van der Waals surface area contributed by atoms with Gasteiger partial charge in [-0.3, -0.25) is 0 Å². The van der Waals surface area contributed by atoms with Gasteiger partial charge in [0.15, 0.2) is 0 Å². The first-order valence-corrected chi connectivity index (χ1v) is 13.9. The van der Waals surface area contributed by atoms with Gasteiger partial charge < -0.3 is 13.9 Å². The van der Waals surface area contributed by atoms with Crippen LogP contribution in [0.5, 0.6) is 0 Å².